The fourth-order valence-corrected chi connectivity index (χ4v) is 4.96. The molecule has 2 aromatic carbocycles. The first-order valence-corrected chi connectivity index (χ1v) is 13.8. The largest absolute Gasteiger partial charge is 0.490 e. The number of halogens is 1. The third-order valence-corrected chi connectivity index (χ3v) is 7.01. The van der Waals surface area contributed by atoms with E-state index in [9.17, 15) is 9.59 Å². The highest BCUT2D eigenvalue weighted by Gasteiger charge is 2.20. The summed E-state index contributed by atoms with van der Waals surface area (Å²) in [4.78, 5) is 24.8. The summed E-state index contributed by atoms with van der Waals surface area (Å²) in [5, 5.41) is 3.26. The average Bonchev–Trinajstić information content (AvgIpc) is 2.84. The highest BCUT2D eigenvalue weighted by Crippen LogP contribution is 2.32. The van der Waals surface area contributed by atoms with Crippen LogP contribution in [0.15, 0.2) is 65.6 Å². The van der Waals surface area contributed by atoms with E-state index in [4.69, 9.17) is 25.8 Å². The highest BCUT2D eigenvalue weighted by molar-refractivity contribution is 7.99. The molecule has 1 N–H and O–H groups in total. The quantitative estimate of drug-likeness (QED) is 0.117. The number of benzene rings is 2. The minimum atomic E-state index is -0.608. The molecule has 0 aliphatic rings. The van der Waals surface area contributed by atoms with Crippen LogP contribution in [0.5, 0.6) is 5.75 Å². The summed E-state index contributed by atoms with van der Waals surface area (Å²) in [7, 11) is 0. The molecule has 0 radical (unpaired) electrons. The number of esters is 1. The molecule has 37 heavy (non-hydrogen) atoms. The Balaban J connectivity index is 1.96. The average molecular weight is 548 g/mol. The normalized spacial score (nSPS) is 11.9. The Bertz CT molecular complexity index is 1000. The number of ether oxygens (including phenoxy) is 3. The number of hydrogen-bond donors (Lipinski definition) is 1. The van der Waals surface area contributed by atoms with Gasteiger partial charge in [-0.1, -0.05) is 58.0 Å². The zero-order valence-corrected chi connectivity index (χ0v) is 23.9. The molecule has 0 bridgehead atoms. The topological polar surface area (TPSA) is 73.9 Å². The fourth-order valence-electron chi connectivity index (χ4n) is 3.96. The lowest BCUT2D eigenvalue weighted by Crippen LogP contribution is -2.35. The molecule has 1 atom stereocenters. The highest BCUT2D eigenvalue weighted by atomic mass is 35.5. The van der Waals surface area contributed by atoms with Gasteiger partial charge in [0, 0.05) is 21.2 Å². The Morgan fingerprint density at radius 1 is 1.00 bits per heavy atom. The number of rotatable bonds is 14. The second kappa shape index (κ2) is 15.6. The number of nitrogens with one attached hydrogen (secondary N) is 1. The molecular weight excluding hydrogens is 510 g/mol. The maximum absolute atomic E-state index is 12.4. The second-order valence-corrected chi connectivity index (χ2v) is 11.1. The molecule has 1 amide bonds. The van der Waals surface area contributed by atoms with Gasteiger partial charge in [0.05, 0.1) is 6.54 Å². The zero-order chi connectivity index (χ0) is 27.4. The van der Waals surface area contributed by atoms with Crippen molar-refractivity contribution in [1.29, 1.82) is 0 Å². The summed E-state index contributed by atoms with van der Waals surface area (Å²) >= 11 is 7.52. The first kappa shape index (κ1) is 30.6. The molecule has 0 aliphatic heterocycles. The van der Waals surface area contributed by atoms with Crippen LogP contribution in [0, 0.1) is 11.8 Å². The van der Waals surface area contributed by atoms with Gasteiger partial charge in [0.25, 0.3) is 0 Å². The van der Waals surface area contributed by atoms with Gasteiger partial charge < -0.3 is 19.5 Å². The fraction of sp³-hybridized carbons (Fsp3) is 0.448. The van der Waals surface area contributed by atoms with Crippen LogP contribution in [0.1, 0.15) is 46.1 Å². The SMILES string of the molecule is C=C(C)C(=O)OCCNC(=O)OC(COc1ccc(C(C(C)C)C(C)C)cc1)CSc1ccc(Cl)cc1. The Morgan fingerprint density at radius 3 is 2.19 bits per heavy atom. The smallest absolute Gasteiger partial charge is 0.407 e. The van der Waals surface area contributed by atoms with Gasteiger partial charge in [-0.15, -0.1) is 11.8 Å². The van der Waals surface area contributed by atoms with Gasteiger partial charge in [0.1, 0.15) is 25.1 Å². The summed E-state index contributed by atoms with van der Waals surface area (Å²) < 4.78 is 16.6. The van der Waals surface area contributed by atoms with Crippen molar-refractivity contribution in [2.45, 2.75) is 51.5 Å². The Labute approximate surface area is 230 Å². The monoisotopic (exact) mass is 547 g/mol. The van der Waals surface area contributed by atoms with E-state index in [-0.39, 0.29) is 19.8 Å². The van der Waals surface area contributed by atoms with Crippen LogP contribution in [0.2, 0.25) is 5.02 Å². The molecule has 6 nitrogen and oxygen atoms in total. The summed E-state index contributed by atoms with van der Waals surface area (Å²) in [6, 6.07) is 15.6. The van der Waals surface area contributed by atoms with Crippen LogP contribution < -0.4 is 10.1 Å². The predicted octanol–water partition coefficient (Wildman–Crippen LogP) is 7.12. The van der Waals surface area contributed by atoms with Crippen molar-refractivity contribution in [2.75, 3.05) is 25.5 Å². The molecule has 0 saturated heterocycles. The van der Waals surface area contributed by atoms with E-state index in [1.54, 1.807) is 6.92 Å². The van der Waals surface area contributed by atoms with Crippen LogP contribution in [0.3, 0.4) is 0 Å². The second-order valence-electron chi connectivity index (χ2n) is 9.53. The van der Waals surface area contributed by atoms with Crippen molar-refractivity contribution in [2.24, 2.45) is 11.8 Å². The van der Waals surface area contributed by atoms with Crippen molar-refractivity contribution in [3.8, 4) is 5.75 Å². The molecule has 8 heteroatoms. The molecule has 0 spiro atoms. The lowest BCUT2D eigenvalue weighted by Gasteiger charge is -2.25. The van der Waals surface area contributed by atoms with Crippen molar-refractivity contribution in [3.63, 3.8) is 0 Å². The van der Waals surface area contributed by atoms with Gasteiger partial charge in [-0.2, -0.15) is 0 Å². The zero-order valence-electron chi connectivity index (χ0n) is 22.3. The molecule has 0 aromatic heterocycles. The summed E-state index contributed by atoms with van der Waals surface area (Å²) in [6.07, 6.45) is -1.12. The number of carbonyl (C=O) groups excluding carboxylic acids is 2. The molecule has 2 rings (SSSR count). The summed E-state index contributed by atoms with van der Waals surface area (Å²) in [6.45, 7) is 14.4. The van der Waals surface area contributed by atoms with E-state index in [1.165, 1.54) is 17.3 Å². The number of hydrogen-bond acceptors (Lipinski definition) is 6. The lowest BCUT2D eigenvalue weighted by molar-refractivity contribution is -0.138. The van der Waals surface area contributed by atoms with Crippen LogP contribution in [0.25, 0.3) is 0 Å². The Morgan fingerprint density at radius 2 is 1.62 bits per heavy atom. The molecule has 0 heterocycles. The molecule has 0 fully saturated rings. The first-order valence-electron chi connectivity index (χ1n) is 12.4. The molecule has 202 valence electrons. The third-order valence-electron chi connectivity index (χ3n) is 5.61. The maximum atomic E-state index is 12.4. The van der Waals surface area contributed by atoms with E-state index in [2.05, 4.69) is 51.7 Å². The van der Waals surface area contributed by atoms with E-state index in [1.807, 2.05) is 36.4 Å². The van der Waals surface area contributed by atoms with E-state index in [0.717, 1.165) is 4.90 Å². The maximum Gasteiger partial charge on any atom is 0.407 e. The van der Waals surface area contributed by atoms with Gasteiger partial charge in [0.15, 0.2) is 0 Å². The van der Waals surface area contributed by atoms with E-state index >= 15 is 0 Å². The van der Waals surface area contributed by atoms with E-state index in [0.29, 0.717) is 39.9 Å². The molecule has 1 unspecified atom stereocenters. The van der Waals surface area contributed by atoms with Crippen molar-refractivity contribution in [1.82, 2.24) is 5.32 Å². The molecule has 2 aromatic rings. The molecule has 0 aliphatic carbocycles. The number of thioether (sulfide) groups is 1. The van der Waals surface area contributed by atoms with Crippen LogP contribution in [-0.4, -0.2) is 43.7 Å². The van der Waals surface area contributed by atoms with Crippen LogP contribution >= 0.6 is 23.4 Å². The van der Waals surface area contributed by atoms with Gasteiger partial charge in [0.2, 0.25) is 0 Å². The first-order chi connectivity index (χ1) is 17.6. The van der Waals surface area contributed by atoms with Gasteiger partial charge in [-0.25, -0.2) is 9.59 Å². The third kappa shape index (κ3) is 11.1. The Hall–Kier alpha value is -2.64. The Kier molecular flexibility index (Phi) is 12.9. The van der Waals surface area contributed by atoms with Crippen molar-refractivity contribution >= 4 is 35.4 Å². The minimum Gasteiger partial charge on any atom is -0.490 e. The summed E-state index contributed by atoms with van der Waals surface area (Å²) in [5.41, 5.74) is 1.59. The number of carbonyl (C=O) groups is 2. The number of amides is 1. The lowest BCUT2D eigenvalue weighted by atomic mass is 9.80. The number of alkyl carbamates (subject to hydrolysis) is 1. The van der Waals surface area contributed by atoms with Gasteiger partial charge >= 0.3 is 12.1 Å². The van der Waals surface area contributed by atoms with E-state index < -0.39 is 18.2 Å². The van der Waals surface area contributed by atoms with Crippen LogP contribution in [-0.2, 0) is 14.3 Å². The minimum absolute atomic E-state index is 0.0293. The predicted molar refractivity (Wildman–Crippen MR) is 151 cm³/mol. The summed E-state index contributed by atoms with van der Waals surface area (Å²) in [5.74, 6) is 2.25. The van der Waals surface area contributed by atoms with Crippen LogP contribution in [0.4, 0.5) is 4.79 Å². The standard InChI is InChI=1S/C29H38ClNO5S/c1-19(2)27(20(3)4)22-7-11-24(12-8-22)35-17-25(18-37-26-13-9-23(30)10-14-26)36-29(33)31-15-16-34-28(32)21(5)6/h7-14,19-20,25,27H,5,15-18H2,1-4,6H3,(H,31,33). The molecular formula is C29H38ClNO5S. The van der Waals surface area contributed by atoms with Crippen molar-refractivity contribution in [3.05, 3.63) is 71.3 Å². The molecule has 0 saturated carbocycles. The van der Waals surface area contributed by atoms with Crippen molar-refractivity contribution < 1.29 is 23.8 Å². The van der Waals surface area contributed by atoms with Gasteiger partial charge in [-0.3, -0.25) is 0 Å². The van der Waals surface area contributed by atoms with Gasteiger partial charge in [-0.05, 0) is 66.6 Å².